The van der Waals surface area contributed by atoms with Gasteiger partial charge in [-0.3, -0.25) is 9.78 Å². The zero-order chi connectivity index (χ0) is 13.8. The number of pyridine rings is 1. The second kappa shape index (κ2) is 5.79. The van der Waals surface area contributed by atoms with Gasteiger partial charge in [-0.05, 0) is 31.9 Å². The Labute approximate surface area is 110 Å². The van der Waals surface area contributed by atoms with E-state index in [4.69, 9.17) is 9.84 Å². The summed E-state index contributed by atoms with van der Waals surface area (Å²) in [6.45, 7) is 2.14. The Bertz CT molecular complexity index is 489. The van der Waals surface area contributed by atoms with Crippen molar-refractivity contribution in [3.8, 4) is 0 Å². The monoisotopic (exact) mass is 264 g/mol. The van der Waals surface area contributed by atoms with E-state index in [2.05, 4.69) is 10.3 Å². The van der Waals surface area contributed by atoms with Crippen LogP contribution in [0.2, 0.25) is 0 Å². The average Bonchev–Trinajstić information content (AvgIpc) is 2.85. The quantitative estimate of drug-likeness (QED) is 0.837. The second-order valence-corrected chi connectivity index (χ2v) is 4.56. The van der Waals surface area contributed by atoms with Crippen LogP contribution in [-0.2, 0) is 9.53 Å². The number of ether oxygens (including phenoxy) is 1. The van der Waals surface area contributed by atoms with Crippen LogP contribution in [0.4, 0.5) is 0 Å². The van der Waals surface area contributed by atoms with Gasteiger partial charge in [0.2, 0.25) is 0 Å². The van der Waals surface area contributed by atoms with Crippen molar-refractivity contribution >= 4 is 11.9 Å². The Morgan fingerprint density at radius 2 is 2.32 bits per heavy atom. The first-order valence-corrected chi connectivity index (χ1v) is 6.15. The molecule has 6 nitrogen and oxygen atoms in total. The number of nitrogens with one attached hydrogen (secondary N) is 1. The maximum Gasteiger partial charge on any atom is 0.332 e. The number of aromatic nitrogens is 1. The molecule has 0 aliphatic carbocycles. The van der Waals surface area contributed by atoms with Crippen molar-refractivity contribution in [2.24, 2.45) is 0 Å². The molecule has 1 aromatic rings. The van der Waals surface area contributed by atoms with Crippen LogP contribution in [0.5, 0.6) is 0 Å². The zero-order valence-corrected chi connectivity index (χ0v) is 10.6. The molecule has 2 heterocycles. The first kappa shape index (κ1) is 13.5. The number of aliphatic carboxylic acids is 1. The molecule has 2 unspecified atom stereocenters. The lowest BCUT2D eigenvalue weighted by molar-refractivity contribution is -0.149. The number of amides is 1. The predicted molar refractivity (Wildman–Crippen MR) is 66.8 cm³/mol. The summed E-state index contributed by atoms with van der Waals surface area (Å²) in [6.07, 6.45) is 1.74. The molecule has 1 aromatic heterocycles. The molecule has 0 spiro atoms. The maximum absolute atomic E-state index is 11.9. The van der Waals surface area contributed by atoms with Gasteiger partial charge in [0.25, 0.3) is 5.91 Å². The van der Waals surface area contributed by atoms with E-state index in [1.165, 1.54) is 0 Å². The molecule has 2 atom stereocenters. The molecule has 1 aliphatic heterocycles. The molecule has 6 heteroatoms. The van der Waals surface area contributed by atoms with Gasteiger partial charge in [-0.25, -0.2) is 4.79 Å². The molecule has 1 saturated heterocycles. The fourth-order valence-electron chi connectivity index (χ4n) is 2.03. The predicted octanol–water partition coefficient (Wildman–Crippen LogP) is 0.752. The number of aryl methyl sites for hydroxylation is 1. The highest BCUT2D eigenvalue weighted by molar-refractivity contribution is 5.94. The smallest absolute Gasteiger partial charge is 0.332 e. The highest BCUT2D eigenvalue weighted by Crippen LogP contribution is 2.19. The Morgan fingerprint density at radius 3 is 2.95 bits per heavy atom. The number of carboxylic acids is 1. The van der Waals surface area contributed by atoms with Crippen molar-refractivity contribution < 1.29 is 19.4 Å². The van der Waals surface area contributed by atoms with E-state index in [1.54, 1.807) is 18.3 Å². The third-order valence-corrected chi connectivity index (χ3v) is 3.03. The van der Waals surface area contributed by atoms with Crippen LogP contribution >= 0.6 is 0 Å². The summed E-state index contributed by atoms with van der Waals surface area (Å²) >= 11 is 0. The Balaban J connectivity index is 1.83. The molecular weight excluding hydrogens is 248 g/mol. The molecule has 1 amide bonds. The fourth-order valence-corrected chi connectivity index (χ4v) is 2.03. The Kier molecular flexibility index (Phi) is 4.11. The minimum absolute atomic E-state index is 0.201. The average molecular weight is 264 g/mol. The Hall–Kier alpha value is -1.95. The van der Waals surface area contributed by atoms with Crippen molar-refractivity contribution in [2.45, 2.75) is 32.0 Å². The van der Waals surface area contributed by atoms with Gasteiger partial charge < -0.3 is 15.2 Å². The van der Waals surface area contributed by atoms with Crippen molar-refractivity contribution in [3.05, 3.63) is 29.6 Å². The third-order valence-electron chi connectivity index (χ3n) is 3.03. The van der Waals surface area contributed by atoms with Gasteiger partial charge in [0.1, 0.15) is 0 Å². The van der Waals surface area contributed by atoms with Crippen molar-refractivity contribution in [2.75, 3.05) is 6.54 Å². The number of hydrogen-bond acceptors (Lipinski definition) is 4. The topological polar surface area (TPSA) is 88.5 Å². The first-order valence-electron chi connectivity index (χ1n) is 6.15. The SMILES string of the molecule is Cc1cc(C(=O)NCC2CCC(C(=O)O)O2)ccn1. The summed E-state index contributed by atoms with van der Waals surface area (Å²) in [5.41, 5.74) is 1.32. The molecule has 2 rings (SSSR count). The van der Waals surface area contributed by atoms with E-state index in [0.29, 0.717) is 24.9 Å². The highest BCUT2D eigenvalue weighted by Gasteiger charge is 2.30. The van der Waals surface area contributed by atoms with Crippen LogP contribution < -0.4 is 5.32 Å². The number of nitrogens with zero attached hydrogens (tertiary/aromatic N) is 1. The van der Waals surface area contributed by atoms with Crippen LogP contribution in [0.25, 0.3) is 0 Å². The molecule has 19 heavy (non-hydrogen) atoms. The first-order chi connectivity index (χ1) is 9.06. The largest absolute Gasteiger partial charge is 0.479 e. The molecule has 0 aromatic carbocycles. The highest BCUT2D eigenvalue weighted by atomic mass is 16.5. The van der Waals surface area contributed by atoms with Crippen LogP contribution in [0.3, 0.4) is 0 Å². The summed E-state index contributed by atoms with van der Waals surface area (Å²) in [7, 11) is 0. The minimum Gasteiger partial charge on any atom is -0.479 e. The van der Waals surface area contributed by atoms with E-state index in [-0.39, 0.29) is 12.0 Å². The number of carboxylic acid groups (broad SMARTS) is 1. The van der Waals surface area contributed by atoms with E-state index >= 15 is 0 Å². The standard InChI is InChI=1S/C13H16N2O4/c1-8-6-9(4-5-14-8)12(16)15-7-10-2-3-11(19-10)13(17)18/h4-6,10-11H,2-3,7H2,1H3,(H,15,16)(H,17,18). The summed E-state index contributed by atoms with van der Waals surface area (Å²) < 4.78 is 5.31. The van der Waals surface area contributed by atoms with Gasteiger partial charge in [-0.1, -0.05) is 0 Å². The molecule has 1 fully saturated rings. The summed E-state index contributed by atoms with van der Waals surface area (Å²) in [5.74, 6) is -1.15. The maximum atomic E-state index is 11.9. The van der Waals surface area contributed by atoms with Crippen molar-refractivity contribution in [1.82, 2.24) is 10.3 Å². The lowest BCUT2D eigenvalue weighted by atomic mass is 10.2. The van der Waals surface area contributed by atoms with Crippen molar-refractivity contribution in [3.63, 3.8) is 0 Å². The van der Waals surface area contributed by atoms with Crippen LogP contribution in [0.15, 0.2) is 18.3 Å². The lowest BCUT2D eigenvalue weighted by Crippen LogP contribution is -2.33. The summed E-state index contributed by atoms with van der Waals surface area (Å²) in [5, 5.41) is 11.5. The summed E-state index contributed by atoms with van der Waals surface area (Å²) in [6, 6.07) is 3.34. The third kappa shape index (κ3) is 3.51. The molecule has 1 aliphatic rings. The molecule has 0 bridgehead atoms. The Morgan fingerprint density at radius 1 is 1.53 bits per heavy atom. The second-order valence-electron chi connectivity index (χ2n) is 4.56. The molecular formula is C13H16N2O4. The van der Waals surface area contributed by atoms with Crippen LogP contribution in [0.1, 0.15) is 28.9 Å². The summed E-state index contributed by atoms with van der Waals surface area (Å²) in [4.78, 5) is 26.6. The van der Waals surface area contributed by atoms with Crippen molar-refractivity contribution in [1.29, 1.82) is 0 Å². The van der Waals surface area contributed by atoms with Crippen LogP contribution in [0, 0.1) is 6.92 Å². The molecule has 0 radical (unpaired) electrons. The number of rotatable bonds is 4. The minimum atomic E-state index is -0.946. The fraction of sp³-hybridized carbons (Fsp3) is 0.462. The molecule has 2 N–H and O–H groups in total. The number of carbonyl (C=O) groups excluding carboxylic acids is 1. The zero-order valence-electron chi connectivity index (χ0n) is 10.6. The van der Waals surface area contributed by atoms with Gasteiger partial charge in [0, 0.05) is 24.0 Å². The molecule has 102 valence electrons. The normalized spacial score (nSPS) is 22.2. The van der Waals surface area contributed by atoms with Gasteiger partial charge >= 0.3 is 5.97 Å². The van der Waals surface area contributed by atoms with E-state index < -0.39 is 12.1 Å². The number of hydrogen-bond donors (Lipinski definition) is 2. The van der Waals surface area contributed by atoms with Gasteiger partial charge in [-0.15, -0.1) is 0 Å². The van der Waals surface area contributed by atoms with E-state index in [1.807, 2.05) is 6.92 Å². The van der Waals surface area contributed by atoms with Gasteiger partial charge in [0.05, 0.1) is 6.10 Å². The van der Waals surface area contributed by atoms with Gasteiger partial charge in [0.15, 0.2) is 6.10 Å². The van der Waals surface area contributed by atoms with E-state index in [0.717, 1.165) is 5.69 Å². The van der Waals surface area contributed by atoms with Crippen LogP contribution in [-0.4, -0.2) is 40.7 Å². The van der Waals surface area contributed by atoms with E-state index in [9.17, 15) is 9.59 Å². The lowest BCUT2D eigenvalue weighted by Gasteiger charge is -2.12. The molecule has 0 saturated carbocycles. The van der Waals surface area contributed by atoms with Gasteiger partial charge in [-0.2, -0.15) is 0 Å². The number of carbonyl (C=O) groups is 2.